The maximum atomic E-state index is 10.5. The van der Waals surface area contributed by atoms with Crippen molar-refractivity contribution in [1.82, 2.24) is 14.9 Å². The Morgan fingerprint density at radius 3 is 3.07 bits per heavy atom. The summed E-state index contributed by atoms with van der Waals surface area (Å²) in [4.78, 5) is 14.5. The predicted molar refractivity (Wildman–Crippen MR) is 50.1 cm³/mol. The topological polar surface area (TPSA) is 93.2 Å². The second-order valence-electron chi connectivity index (χ2n) is 3.00. The van der Waals surface area contributed by atoms with Gasteiger partial charge in [0.1, 0.15) is 11.9 Å². The van der Waals surface area contributed by atoms with Gasteiger partial charge in [0.05, 0.1) is 6.54 Å². The van der Waals surface area contributed by atoms with Crippen molar-refractivity contribution in [1.29, 1.82) is 0 Å². The Labute approximate surface area is 81.7 Å². The number of hydrogen-bond acceptors (Lipinski definition) is 4. The highest BCUT2D eigenvalue weighted by Gasteiger charge is 2.09. The van der Waals surface area contributed by atoms with Crippen molar-refractivity contribution in [3.63, 3.8) is 0 Å². The van der Waals surface area contributed by atoms with E-state index in [4.69, 9.17) is 10.8 Å². The minimum absolute atomic E-state index is 0.141. The molecule has 1 rings (SSSR count). The van der Waals surface area contributed by atoms with Gasteiger partial charge >= 0.3 is 0 Å². The smallest absolute Gasteiger partial charge is 0.247 e. The second-order valence-corrected chi connectivity index (χ2v) is 3.00. The molecule has 0 spiro atoms. The molecule has 0 saturated carbocycles. The third-order valence-corrected chi connectivity index (χ3v) is 1.87. The summed E-state index contributed by atoms with van der Waals surface area (Å²) in [5.74, 6) is 0.110. The number of rotatable bonds is 5. The Kier molecular flexibility index (Phi) is 3.61. The zero-order chi connectivity index (χ0) is 10.6. The molecular weight excluding hydrogens is 184 g/mol. The number of carbonyl (C=O) groups is 1. The largest absolute Gasteiger partial charge is 0.382 e. The molecule has 14 heavy (non-hydrogen) atoms. The lowest BCUT2D eigenvalue weighted by Crippen LogP contribution is -2.37. The fourth-order valence-corrected chi connectivity index (χ4v) is 0.988. The molecule has 0 radical (unpaired) electrons. The van der Waals surface area contributed by atoms with Gasteiger partial charge in [-0.3, -0.25) is 4.79 Å². The maximum Gasteiger partial charge on any atom is 0.247 e. The highest BCUT2D eigenvalue weighted by molar-refractivity contribution is 5.78. The molecule has 1 aromatic rings. The molecule has 1 unspecified atom stereocenters. The summed E-state index contributed by atoms with van der Waals surface area (Å²) in [6.07, 6.45) is 2.36. The van der Waals surface area contributed by atoms with Crippen LogP contribution in [0.4, 0.5) is 0 Å². The molecule has 1 atom stereocenters. The third-order valence-electron chi connectivity index (χ3n) is 1.87. The van der Waals surface area contributed by atoms with E-state index in [-0.39, 0.29) is 6.54 Å². The molecule has 0 aliphatic rings. The summed E-state index contributed by atoms with van der Waals surface area (Å²) in [5, 5.41) is 11.9. The van der Waals surface area contributed by atoms with Crippen molar-refractivity contribution >= 4 is 5.91 Å². The van der Waals surface area contributed by atoms with E-state index in [1.54, 1.807) is 6.20 Å². The van der Waals surface area contributed by atoms with Crippen molar-refractivity contribution in [2.45, 2.75) is 12.6 Å². The van der Waals surface area contributed by atoms with Gasteiger partial charge in [0, 0.05) is 26.0 Å². The number of nitrogens with two attached hydrogens (primary N) is 1. The molecule has 1 amide bonds. The number of aliphatic hydroxyl groups excluding tert-OH is 1. The van der Waals surface area contributed by atoms with Gasteiger partial charge in [-0.2, -0.15) is 0 Å². The number of aromatic nitrogens is 2. The molecule has 6 heteroatoms. The third kappa shape index (κ3) is 2.82. The number of hydrogen-bond donors (Lipinski definition) is 3. The van der Waals surface area contributed by atoms with Gasteiger partial charge in [0.25, 0.3) is 0 Å². The van der Waals surface area contributed by atoms with Gasteiger partial charge in [-0.1, -0.05) is 0 Å². The van der Waals surface area contributed by atoms with Crippen LogP contribution < -0.4 is 11.1 Å². The summed E-state index contributed by atoms with van der Waals surface area (Å²) in [6.45, 7) is 0.635. The number of nitrogens with one attached hydrogen (secondary N) is 1. The number of aliphatic hydroxyl groups is 1. The Bertz CT molecular complexity index is 310. The average molecular weight is 198 g/mol. The molecule has 6 nitrogen and oxygen atoms in total. The van der Waals surface area contributed by atoms with Crippen LogP contribution in [0.25, 0.3) is 0 Å². The van der Waals surface area contributed by atoms with Crippen molar-refractivity contribution in [3.05, 3.63) is 18.2 Å². The minimum Gasteiger partial charge on any atom is -0.382 e. The SMILES string of the molecule is Cn1ccnc1CNCC(O)C(N)=O. The van der Waals surface area contributed by atoms with E-state index in [1.165, 1.54) is 0 Å². The molecule has 0 aromatic carbocycles. The number of nitrogens with zero attached hydrogens (tertiary/aromatic N) is 2. The number of aryl methyl sites for hydroxylation is 1. The lowest BCUT2D eigenvalue weighted by Gasteiger charge is -2.07. The number of primary amides is 1. The zero-order valence-corrected chi connectivity index (χ0v) is 7.97. The van der Waals surface area contributed by atoms with Gasteiger partial charge in [-0.05, 0) is 0 Å². The summed E-state index contributed by atoms with van der Waals surface area (Å²) >= 11 is 0. The molecule has 0 aliphatic heterocycles. The van der Waals surface area contributed by atoms with E-state index < -0.39 is 12.0 Å². The van der Waals surface area contributed by atoms with Crippen LogP contribution in [-0.4, -0.2) is 33.2 Å². The average Bonchev–Trinajstić information content (AvgIpc) is 2.51. The van der Waals surface area contributed by atoms with Gasteiger partial charge in [0.15, 0.2) is 0 Å². The van der Waals surface area contributed by atoms with Gasteiger partial charge in [0.2, 0.25) is 5.91 Å². The van der Waals surface area contributed by atoms with Crippen molar-refractivity contribution in [2.24, 2.45) is 12.8 Å². The van der Waals surface area contributed by atoms with Crippen LogP contribution >= 0.6 is 0 Å². The monoisotopic (exact) mass is 198 g/mol. The van der Waals surface area contributed by atoms with E-state index in [1.807, 2.05) is 17.8 Å². The first-order valence-corrected chi connectivity index (χ1v) is 4.25. The van der Waals surface area contributed by atoms with Crippen LogP contribution in [0.1, 0.15) is 5.82 Å². The standard InChI is InChI=1S/C8H14N4O2/c1-12-3-2-11-7(12)5-10-4-6(13)8(9)14/h2-3,6,10,13H,4-5H2,1H3,(H2,9,14). The van der Waals surface area contributed by atoms with Crippen LogP contribution in [0.3, 0.4) is 0 Å². The molecule has 78 valence electrons. The number of carbonyl (C=O) groups excluding carboxylic acids is 1. The first kappa shape index (κ1) is 10.7. The van der Waals surface area contributed by atoms with Crippen LogP contribution in [0.15, 0.2) is 12.4 Å². The summed E-state index contributed by atoms with van der Waals surface area (Å²) in [6, 6.07) is 0. The minimum atomic E-state index is -1.14. The Morgan fingerprint density at radius 2 is 2.57 bits per heavy atom. The molecular formula is C8H14N4O2. The normalized spacial score (nSPS) is 12.7. The summed E-state index contributed by atoms with van der Waals surface area (Å²) in [7, 11) is 1.87. The van der Waals surface area contributed by atoms with Crippen LogP contribution in [0.2, 0.25) is 0 Å². The van der Waals surface area contributed by atoms with Crippen molar-refractivity contribution < 1.29 is 9.90 Å². The zero-order valence-electron chi connectivity index (χ0n) is 7.97. The number of amides is 1. The quantitative estimate of drug-likeness (QED) is 0.529. The first-order valence-electron chi connectivity index (χ1n) is 4.25. The molecule has 4 N–H and O–H groups in total. The highest BCUT2D eigenvalue weighted by atomic mass is 16.3. The van der Waals surface area contributed by atoms with E-state index in [0.29, 0.717) is 6.54 Å². The maximum absolute atomic E-state index is 10.5. The predicted octanol–water partition coefficient (Wildman–Crippen LogP) is -1.64. The number of imidazole rings is 1. The summed E-state index contributed by atoms with van der Waals surface area (Å²) < 4.78 is 1.85. The van der Waals surface area contributed by atoms with E-state index in [9.17, 15) is 4.79 Å². The van der Waals surface area contributed by atoms with E-state index in [2.05, 4.69) is 10.3 Å². The van der Waals surface area contributed by atoms with E-state index >= 15 is 0 Å². The van der Waals surface area contributed by atoms with Gasteiger partial charge in [-0.15, -0.1) is 0 Å². The van der Waals surface area contributed by atoms with Crippen LogP contribution in [-0.2, 0) is 18.4 Å². The van der Waals surface area contributed by atoms with Gasteiger partial charge < -0.3 is 20.7 Å². The van der Waals surface area contributed by atoms with E-state index in [0.717, 1.165) is 5.82 Å². The first-order chi connectivity index (χ1) is 6.61. The van der Waals surface area contributed by atoms with Crippen molar-refractivity contribution in [3.8, 4) is 0 Å². The fourth-order valence-electron chi connectivity index (χ4n) is 0.988. The molecule has 1 aromatic heterocycles. The second kappa shape index (κ2) is 4.73. The Morgan fingerprint density at radius 1 is 1.86 bits per heavy atom. The fraction of sp³-hybridized carbons (Fsp3) is 0.500. The van der Waals surface area contributed by atoms with Crippen LogP contribution in [0.5, 0.6) is 0 Å². The lowest BCUT2D eigenvalue weighted by atomic mass is 10.3. The highest BCUT2D eigenvalue weighted by Crippen LogP contribution is 1.92. The van der Waals surface area contributed by atoms with Crippen LogP contribution in [0, 0.1) is 0 Å². The van der Waals surface area contributed by atoms with Gasteiger partial charge in [-0.25, -0.2) is 4.98 Å². The summed E-state index contributed by atoms with van der Waals surface area (Å²) in [5.41, 5.74) is 4.88. The molecule has 0 bridgehead atoms. The van der Waals surface area contributed by atoms with Crippen molar-refractivity contribution in [2.75, 3.05) is 6.54 Å². The molecule has 0 aliphatic carbocycles. The Hall–Kier alpha value is -1.40. The lowest BCUT2D eigenvalue weighted by molar-refractivity contribution is -0.125. The Balaban J connectivity index is 2.29. The molecule has 1 heterocycles. The molecule has 0 saturated heterocycles. The molecule has 0 fully saturated rings.